The van der Waals surface area contributed by atoms with Crippen molar-refractivity contribution in [3.8, 4) is 0 Å². The van der Waals surface area contributed by atoms with Gasteiger partial charge in [-0.1, -0.05) is 30.3 Å². The zero-order valence-electron chi connectivity index (χ0n) is 9.45. The van der Waals surface area contributed by atoms with E-state index in [4.69, 9.17) is 5.11 Å². The van der Waals surface area contributed by atoms with Crippen molar-refractivity contribution in [2.24, 2.45) is 0 Å². The Hall–Kier alpha value is -2.17. The highest BCUT2D eigenvalue weighted by Gasteiger charge is 2.34. The van der Waals surface area contributed by atoms with Crippen molar-refractivity contribution in [1.29, 1.82) is 0 Å². The highest BCUT2D eigenvalue weighted by molar-refractivity contribution is 5.85. The first kappa shape index (κ1) is 11.0. The minimum Gasteiger partial charge on any atom is -0.476 e. The van der Waals surface area contributed by atoms with Gasteiger partial charge in [0.15, 0.2) is 5.69 Å². The molecule has 0 saturated heterocycles. The van der Waals surface area contributed by atoms with Crippen LogP contribution in [0.15, 0.2) is 36.4 Å². The van der Waals surface area contributed by atoms with E-state index in [1.54, 1.807) is 0 Å². The van der Waals surface area contributed by atoms with E-state index in [0.717, 1.165) is 5.56 Å². The maximum absolute atomic E-state index is 13.9. The SMILES string of the molecule is O=C(O)c1cc2n(n1)C(c1ccccc1)CC2F. The molecule has 18 heavy (non-hydrogen) atoms. The highest BCUT2D eigenvalue weighted by Crippen LogP contribution is 2.40. The number of carbonyl (C=O) groups is 1. The highest BCUT2D eigenvalue weighted by atomic mass is 19.1. The van der Waals surface area contributed by atoms with Crippen LogP contribution in [0.4, 0.5) is 4.39 Å². The van der Waals surface area contributed by atoms with E-state index >= 15 is 0 Å². The first-order valence-electron chi connectivity index (χ1n) is 5.68. The molecule has 1 aliphatic heterocycles. The van der Waals surface area contributed by atoms with Crippen molar-refractivity contribution in [3.63, 3.8) is 0 Å². The Morgan fingerprint density at radius 1 is 1.39 bits per heavy atom. The van der Waals surface area contributed by atoms with Crippen molar-refractivity contribution in [1.82, 2.24) is 9.78 Å². The van der Waals surface area contributed by atoms with E-state index in [1.165, 1.54) is 10.7 Å². The summed E-state index contributed by atoms with van der Waals surface area (Å²) in [7, 11) is 0. The molecular weight excluding hydrogens is 235 g/mol. The van der Waals surface area contributed by atoms with Crippen molar-refractivity contribution in [2.45, 2.75) is 18.6 Å². The summed E-state index contributed by atoms with van der Waals surface area (Å²) >= 11 is 0. The summed E-state index contributed by atoms with van der Waals surface area (Å²) in [5, 5.41) is 12.9. The maximum atomic E-state index is 13.9. The van der Waals surface area contributed by atoms with Gasteiger partial charge in [0.1, 0.15) is 6.17 Å². The summed E-state index contributed by atoms with van der Waals surface area (Å²) in [6.07, 6.45) is -0.845. The molecule has 2 unspecified atom stereocenters. The number of aromatic nitrogens is 2. The van der Waals surface area contributed by atoms with E-state index in [2.05, 4.69) is 5.10 Å². The quantitative estimate of drug-likeness (QED) is 0.886. The summed E-state index contributed by atoms with van der Waals surface area (Å²) in [5.41, 5.74) is 1.19. The van der Waals surface area contributed by atoms with Crippen LogP contribution in [0, 0.1) is 0 Å². The van der Waals surface area contributed by atoms with Crippen LogP contribution in [0.25, 0.3) is 0 Å². The topological polar surface area (TPSA) is 55.1 Å². The zero-order valence-corrected chi connectivity index (χ0v) is 9.45. The molecule has 92 valence electrons. The molecule has 5 heteroatoms. The molecule has 0 amide bonds. The zero-order chi connectivity index (χ0) is 12.7. The number of rotatable bonds is 2. The van der Waals surface area contributed by atoms with Gasteiger partial charge in [-0.15, -0.1) is 0 Å². The predicted molar refractivity (Wildman–Crippen MR) is 62.2 cm³/mol. The molecule has 2 atom stereocenters. The molecule has 0 fully saturated rings. The Kier molecular flexibility index (Phi) is 2.40. The molecule has 0 spiro atoms. The van der Waals surface area contributed by atoms with Gasteiger partial charge >= 0.3 is 5.97 Å². The van der Waals surface area contributed by atoms with E-state index in [1.807, 2.05) is 30.3 Å². The summed E-state index contributed by atoms with van der Waals surface area (Å²) < 4.78 is 15.4. The Bertz CT molecular complexity index is 594. The van der Waals surface area contributed by atoms with Crippen LogP contribution in [0.2, 0.25) is 0 Å². The summed E-state index contributed by atoms with van der Waals surface area (Å²) in [6, 6.07) is 10.5. The lowest BCUT2D eigenvalue weighted by molar-refractivity contribution is 0.0689. The van der Waals surface area contributed by atoms with E-state index in [0.29, 0.717) is 12.1 Å². The first-order chi connectivity index (χ1) is 8.66. The molecule has 1 N–H and O–H groups in total. The van der Waals surface area contributed by atoms with Gasteiger partial charge in [0.2, 0.25) is 0 Å². The molecule has 3 rings (SSSR count). The third kappa shape index (κ3) is 1.59. The molecule has 1 aromatic carbocycles. The number of hydrogen-bond donors (Lipinski definition) is 1. The lowest BCUT2D eigenvalue weighted by Gasteiger charge is -2.11. The van der Waals surface area contributed by atoms with E-state index < -0.39 is 12.1 Å². The van der Waals surface area contributed by atoms with Crippen LogP contribution >= 0.6 is 0 Å². The first-order valence-corrected chi connectivity index (χ1v) is 5.68. The molecule has 4 nitrogen and oxygen atoms in total. The Balaban J connectivity index is 2.05. The van der Waals surface area contributed by atoms with Gasteiger partial charge in [-0.25, -0.2) is 9.18 Å². The molecule has 0 radical (unpaired) electrons. The Morgan fingerprint density at radius 2 is 2.11 bits per heavy atom. The second-order valence-electron chi connectivity index (χ2n) is 4.33. The number of fused-ring (bicyclic) bond motifs is 1. The van der Waals surface area contributed by atoms with Gasteiger partial charge in [0, 0.05) is 6.42 Å². The fourth-order valence-electron chi connectivity index (χ4n) is 2.37. The molecule has 2 heterocycles. The summed E-state index contributed by atoms with van der Waals surface area (Å²) in [5.74, 6) is -1.13. The predicted octanol–water partition coefficient (Wildman–Crippen LogP) is 2.59. The Morgan fingerprint density at radius 3 is 2.78 bits per heavy atom. The number of hydrogen-bond acceptors (Lipinski definition) is 2. The number of nitrogens with zero attached hydrogens (tertiary/aromatic N) is 2. The van der Waals surface area contributed by atoms with Crippen LogP contribution in [-0.2, 0) is 0 Å². The number of halogens is 1. The Labute approximate surface area is 103 Å². The number of aromatic carboxylic acids is 1. The maximum Gasteiger partial charge on any atom is 0.356 e. The molecule has 1 aliphatic rings. The molecule has 0 saturated carbocycles. The molecule has 0 aliphatic carbocycles. The van der Waals surface area contributed by atoms with Gasteiger partial charge in [-0.3, -0.25) is 4.68 Å². The standard InChI is InChI=1S/C13H11FN2O2/c14-9-6-11(8-4-2-1-3-5-8)16-12(9)7-10(15-16)13(17)18/h1-5,7,9,11H,6H2,(H,17,18). The number of carboxylic acid groups (broad SMARTS) is 1. The second kappa shape index (κ2) is 3.94. The van der Waals surface area contributed by atoms with E-state index in [9.17, 15) is 9.18 Å². The largest absolute Gasteiger partial charge is 0.476 e. The number of benzene rings is 1. The summed E-state index contributed by atoms with van der Waals surface area (Å²) in [4.78, 5) is 10.9. The van der Waals surface area contributed by atoms with Crippen molar-refractivity contribution in [3.05, 3.63) is 53.3 Å². The van der Waals surface area contributed by atoms with Crippen molar-refractivity contribution in [2.75, 3.05) is 0 Å². The van der Waals surface area contributed by atoms with Crippen LogP contribution in [0.5, 0.6) is 0 Å². The monoisotopic (exact) mass is 246 g/mol. The minimum absolute atomic E-state index is 0.103. The minimum atomic E-state index is -1.16. The molecular formula is C13H11FN2O2. The number of carboxylic acids is 1. The van der Waals surface area contributed by atoms with Crippen LogP contribution in [0.1, 0.15) is 40.4 Å². The van der Waals surface area contributed by atoms with Gasteiger partial charge in [0.25, 0.3) is 0 Å². The van der Waals surface area contributed by atoms with Crippen molar-refractivity contribution >= 4 is 5.97 Å². The molecule has 1 aromatic heterocycles. The van der Waals surface area contributed by atoms with Gasteiger partial charge in [-0.05, 0) is 11.6 Å². The van der Waals surface area contributed by atoms with Crippen LogP contribution in [0.3, 0.4) is 0 Å². The van der Waals surface area contributed by atoms with Crippen LogP contribution in [-0.4, -0.2) is 20.9 Å². The lowest BCUT2D eigenvalue weighted by Crippen LogP contribution is -2.09. The van der Waals surface area contributed by atoms with Crippen LogP contribution < -0.4 is 0 Å². The van der Waals surface area contributed by atoms with E-state index in [-0.39, 0.29) is 11.7 Å². The van der Waals surface area contributed by atoms with Gasteiger partial charge < -0.3 is 5.11 Å². The lowest BCUT2D eigenvalue weighted by atomic mass is 10.0. The third-order valence-corrected chi connectivity index (χ3v) is 3.21. The molecule has 0 bridgehead atoms. The summed E-state index contributed by atoms with van der Waals surface area (Å²) in [6.45, 7) is 0. The van der Waals surface area contributed by atoms with Crippen molar-refractivity contribution < 1.29 is 14.3 Å². The second-order valence-corrected chi connectivity index (χ2v) is 4.33. The third-order valence-electron chi connectivity index (χ3n) is 3.21. The smallest absolute Gasteiger partial charge is 0.356 e. The molecule has 2 aromatic rings. The van der Waals surface area contributed by atoms with Gasteiger partial charge in [0.05, 0.1) is 11.7 Å². The fourth-order valence-corrected chi connectivity index (χ4v) is 2.37. The van der Waals surface area contributed by atoms with Gasteiger partial charge in [-0.2, -0.15) is 5.10 Å². The fraction of sp³-hybridized carbons (Fsp3) is 0.231. The number of alkyl halides is 1. The average molecular weight is 246 g/mol. The normalized spacial score (nSPS) is 21.8. The average Bonchev–Trinajstić information content (AvgIpc) is 2.92.